The van der Waals surface area contributed by atoms with E-state index < -0.39 is 24.1 Å². The first-order valence-electron chi connectivity index (χ1n) is 6.41. The molecule has 0 spiro atoms. The minimum absolute atomic E-state index is 0.0480. The normalized spacial score (nSPS) is 22.0. The van der Waals surface area contributed by atoms with Crippen LogP contribution < -0.4 is 5.32 Å². The third-order valence-corrected chi connectivity index (χ3v) is 3.25. The van der Waals surface area contributed by atoms with Crippen LogP contribution in [0.25, 0.3) is 0 Å². The highest BCUT2D eigenvalue weighted by Gasteiger charge is 2.38. The molecule has 3 N–H and O–H groups in total. The summed E-state index contributed by atoms with van der Waals surface area (Å²) in [5, 5.41) is 25.3. The van der Waals surface area contributed by atoms with Gasteiger partial charge < -0.3 is 20.4 Å². The lowest BCUT2D eigenvalue weighted by Crippen LogP contribution is -2.46. The number of aliphatic hydroxyl groups is 1. The number of hydrogen-bond donors (Lipinski definition) is 3. The molecule has 2 atom stereocenters. The van der Waals surface area contributed by atoms with Gasteiger partial charge in [-0.1, -0.05) is 0 Å². The van der Waals surface area contributed by atoms with E-state index in [0.29, 0.717) is 13.0 Å². The van der Waals surface area contributed by atoms with Gasteiger partial charge in [0.2, 0.25) is 0 Å². The van der Waals surface area contributed by atoms with E-state index in [2.05, 4.69) is 10.4 Å². The van der Waals surface area contributed by atoms with Crippen molar-refractivity contribution < 1.29 is 19.8 Å². The standard InChI is InChI=1S/C12H18N4O4/c1-15-5-3-8(14-15)2-4-13-12(20)16-7-9(17)6-10(16)11(18)19/h3,5,9-10,17H,2,4,6-7H2,1H3,(H,13,20)(H,18,19)/t9-,10-/m0/s1. The zero-order valence-corrected chi connectivity index (χ0v) is 11.2. The maximum absolute atomic E-state index is 11.9. The van der Waals surface area contributed by atoms with Gasteiger partial charge in [0.05, 0.1) is 11.8 Å². The molecule has 0 aliphatic carbocycles. The van der Waals surface area contributed by atoms with Gasteiger partial charge in [0.25, 0.3) is 0 Å². The molecule has 2 amide bonds. The van der Waals surface area contributed by atoms with Crippen LogP contribution in [0, 0.1) is 0 Å². The van der Waals surface area contributed by atoms with Crippen molar-refractivity contribution in [3.8, 4) is 0 Å². The second-order valence-corrected chi connectivity index (χ2v) is 4.86. The molecule has 8 nitrogen and oxygen atoms in total. The Bertz CT molecular complexity index is 501. The summed E-state index contributed by atoms with van der Waals surface area (Å²) in [4.78, 5) is 24.1. The maximum atomic E-state index is 11.9. The molecule has 0 bridgehead atoms. The lowest BCUT2D eigenvalue weighted by Gasteiger charge is -2.21. The monoisotopic (exact) mass is 282 g/mol. The number of aryl methyl sites for hydroxylation is 1. The molecule has 1 aromatic heterocycles. The zero-order valence-electron chi connectivity index (χ0n) is 11.2. The van der Waals surface area contributed by atoms with Crippen molar-refractivity contribution in [3.05, 3.63) is 18.0 Å². The predicted molar refractivity (Wildman–Crippen MR) is 69.1 cm³/mol. The van der Waals surface area contributed by atoms with E-state index in [1.807, 2.05) is 19.3 Å². The minimum Gasteiger partial charge on any atom is -0.480 e. The van der Waals surface area contributed by atoms with Crippen LogP contribution in [-0.2, 0) is 18.3 Å². The Kier molecular flexibility index (Phi) is 4.23. The average Bonchev–Trinajstić information content (AvgIpc) is 2.95. The van der Waals surface area contributed by atoms with E-state index in [1.165, 1.54) is 0 Å². The van der Waals surface area contributed by atoms with Crippen molar-refractivity contribution in [1.29, 1.82) is 0 Å². The lowest BCUT2D eigenvalue weighted by atomic mass is 10.2. The fourth-order valence-corrected chi connectivity index (χ4v) is 2.27. The number of aliphatic carboxylic acids is 1. The van der Waals surface area contributed by atoms with Crippen LogP contribution in [-0.4, -0.2) is 62.1 Å². The number of nitrogens with one attached hydrogen (secondary N) is 1. The highest BCUT2D eigenvalue weighted by atomic mass is 16.4. The van der Waals surface area contributed by atoms with Crippen molar-refractivity contribution in [1.82, 2.24) is 20.0 Å². The third-order valence-electron chi connectivity index (χ3n) is 3.25. The summed E-state index contributed by atoms with van der Waals surface area (Å²) in [5.74, 6) is -1.10. The Labute approximate surface area is 116 Å². The van der Waals surface area contributed by atoms with E-state index in [9.17, 15) is 14.7 Å². The summed E-state index contributed by atoms with van der Waals surface area (Å²) in [6.45, 7) is 0.418. The van der Waals surface area contributed by atoms with Gasteiger partial charge in [-0.15, -0.1) is 0 Å². The molecule has 110 valence electrons. The van der Waals surface area contributed by atoms with Gasteiger partial charge in [-0.25, -0.2) is 9.59 Å². The van der Waals surface area contributed by atoms with Gasteiger partial charge in [-0.05, 0) is 6.07 Å². The summed E-state index contributed by atoms with van der Waals surface area (Å²) in [7, 11) is 1.81. The Balaban J connectivity index is 1.83. The van der Waals surface area contributed by atoms with Gasteiger partial charge in [0.1, 0.15) is 6.04 Å². The quantitative estimate of drug-likeness (QED) is 0.669. The number of β-amino-alcohol motifs (C(OH)–C–C–N with tert-alkyl or cyclic N) is 1. The Morgan fingerprint density at radius 2 is 2.30 bits per heavy atom. The second kappa shape index (κ2) is 5.91. The Morgan fingerprint density at radius 3 is 2.90 bits per heavy atom. The van der Waals surface area contributed by atoms with Crippen LogP contribution in [0.3, 0.4) is 0 Å². The molecule has 8 heteroatoms. The summed E-state index contributed by atoms with van der Waals surface area (Å²) in [6.07, 6.45) is 1.68. The largest absolute Gasteiger partial charge is 0.480 e. The predicted octanol–water partition coefficient (Wildman–Crippen LogP) is -0.808. The van der Waals surface area contributed by atoms with Crippen molar-refractivity contribution in [2.24, 2.45) is 7.05 Å². The molecule has 2 rings (SSSR count). The number of carbonyl (C=O) groups is 2. The zero-order chi connectivity index (χ0) is 14.7. The van der Waals surface area contributed by atoms with Crippen molar-refractivity contribution in [3.63, 3.8) is 0 Å². The highest BCUT2D eigenvalue weighted by Crippen LogP contribution is 2.17. The van der Waals surface area contributed by atoms with Gasteiger partial charge in [0, 0.05) is 39.2 Å². The van der Waals surface area contributed by atoms with Crippen LogP contribution in [0.2, 0.25) is 0 Å². The second-order valence-electron chi connectivity index (χ2n) is 4.86. The molecule has 1 aliphatic rings. The topological polar surface area (TPSA) is 108 Å². The maximum Gasteiger partial charge on any atom is 0.326 e. The molecule has 20 heavy (non-hydrogen) atoms. The summed E-state index contributed by atoms with van der Waals surface area (Å²) in [5.41, 5.74) is 0.851. The molecule has 1 fully saturated rings. The molecule has 0 saturated carbocycles. The van der Waals surface area contributed by atoms with E-state index in [4.69, 9.17) is 5.11 Å². The number of likely N-dealkylation sites (tertiary alicyclic amines) is 1. The van der Waals surface area contributed by atoms with E-state index in [1.54, 1.807) is 4.68 Å². The molecule has 1 aliphatic heterocycles. The van der Waals surface area contributed by atoms with Crippen LogP contribution in [0.4, 0.5) is 4.79 Å². The summed E-state index contributed by atoms with van der Waals surface area (Å²) >= 11 is 0. The molecule has 0 aromatic carbocycles. The molecule has 0 radical (unpaired) electrons. The number of carbonyl (C=O) groups excluding carboxylic acids is 1. The smallest absolute Gasteiger partial charge is 0.326 e. The van der Waals surface area contributed by atoms with Crippen LogP contribution >= 0.6 is 0 Å². The number of amides is 2. The Hall–Kier alpha value is -2.09. The molecule has 1 saturated heterocycles. The number of carboxylic acids is 1. The molecular weight excluding hydrogens is 264 g/mol. The van der Waals surface area contributed by atoms with Crippen LogP contribution in [0.15, 0.2) is 12.3 Å². The number of carboxylic acid groups (broad SMARTS) is 1. The van der Waals surface area contributed by atoms with Gasteiger partial charge in [-0.2, -0.15) is 5.10 Å². The van der Waals surface area contributed by atoms with E-state index in [0.717, 1.165) is 10.6 Å². The van der Waals surface area contributed by atoms with E-state index >= 15 is 0 Å². The lowest BCUT2D eigenvalue weighted by molar-refractivity contribution is -0.141. The van der Waals surface area contributed by atoms with Crippen LogP contribution in [0.1, 0.15) is 12.1 Å². The molecule has 2 heterocycles. The minimum atomic E-state index is -1.10. The SMILES string of the molecule is Cn1ccc(CCNC(=O)N2C[C@@H](O)C[C@H]2C(=O)O)n1. The molecule has 1 aromatic rings. The number of aromatic nitrogens is 2. The van der Waals surface area contributed by atoms with Crippen molar-refractivity contribution in [2.75, 3.05) is 13.1 Å². The van der Waals surface area contributed by atoms with Gasteiger partial charge in [0.15, 0.2) is 0 Å². The molecule has 0 unspecified atom stereocenters. The number of rotatable bonds is 4. The number of aliphatic hydroxyl groups excluding tert-OH is 1. The number of nitrogens with zero attached hydrogens (tertiary/aromatic N) is 3. The number of hydrogen-bond acceptors (Lipinski definition) is 4. The summed E-state index contributed by atoms with van der Waals surface area (Å²) in [6, 6.07) is 0.427. The first kappa shape index (κ1) is 14.3. The molecular formula is C12H18N4O4. The fourth-order valence-electron chi connectivity index (χ4n) is 2.27. The van der Waals surface area contributed by atoms with Gasteiger partial charge in [-0.3, -0.25) is 4.68 Å². The average molecular weight is 282 g/mol. The Morgan fingerprint density at radius 1 is 1.55 bits per heavy atom. The third kappa shape index (κ3) is 3.27. The van der Waals surface area contributed by atoms with Crippen molar-refractivity contribution in [2.45, 2.75) is 25.0 Å². The van der Waals surface area contributed by atoms with Crippen molar-refractivity contribution >= 4 is 12.0 Å². The first-order chi connectivity index (χ1) is 9.47. The first-order valence-corrected chi connectivity index (χ1v) is 6.41. The van der Waals surface area contributed by atoms with E-state index in [-0.39, 0.29) is 13.0 Å². The van der Waals surface area contributed by atoms with Crippen LogP contribution in [0.5, 0.6) is 0 Å². The van der Waals surface area contributed by atoms with Gasteiger partial charge >= 0.3 is 12.0 Å². The highest BCUT2D eigenvalue weighted by molar-refractivity contribution is 5.83. The summed E-state index contributed by atoms with van der Waals surface area (Å²) < 4.78 is 1.68. The fraction of sp³-hybridized carbons (Fsp3) is 0.583. The number of urea groups is 1.